The van der Waals surface area contributed by atoms with E-state index in [2.05, 4.69) is 65.5 Å². The summed E-state index contributed by atoms with van der Waals surface area (Å²) in [7, 11) is 9.72. The molecule has 3 heteroatoms. The third-order valence-corrected chi connectivity index (χ3v) is 9.17. The molecule has 0 aliphatic carbocycles. The van der Waals surface area contributed by atoms with Crippen LogP contribution in [-0.4, -0.2) is 50.2 Å². The van der Waals surface area contributed by atoms with E-state index >= 15 is 0 Å². The quantitative estimate of drug-likeness (QED) is 0.0815. The standard InChI is InChI=1S/C34H68N2S/c1-7-9-11-13-15-17-19-21-23-25-29-35(3,4)31-33-27-28-34(37-33)32-36(5,6)30-26-24-22-20-18-16-14-12-10-8-2/h27-28H,7-26,29-32H2,1-6H3/q+2. The van der Waals surface area contributed by atoms with Crippen LogP contribution in [0.15, 0.2) is 12.1 Å². The van der Waals surface area contributed by atoms with Crippen LogP contribution in [0.5, 0.6) is 0 Å². The first kappa shape index (κ1) is 34.6. The molecule has 0 bridgehead atoms. The van der Waals surface area contributed by atoms with Crippen molar-refractivity contribution >= 4 is 11.3 Å². The van der Waals surface area contributed by atoms with E-state index in [1.165, 1.54) is 155 Å². The molecule has 0 aliphatic heterocycles. The third-order valence-electron chi connectivity index (χ3n) is 8.12. The highest BCUT2D eigenvalue weighted by molar-refractivity contribution is 7.11. The van der Waals surface area contributed by atoms with Gasteiger partial charge in [0.25, 0.3) is 0 Å². The Balaban J connectivity index is 2.16. The van der Waals surface area contributed by atoms with Gasteiger partial charge in [-0.3, -0.25) is 0 Å². The second-order valence-electron chi connectivity index (χ2n) is 13.4. The summed E-state index contributed by atoms with van der Waals surface area (Å²) in [5.74, 6) is 0. The summed E-state index contributed by atoms with van der Waals surface area (Å²) in [5.41, 5.74) is 0. The van der Waals surface area contributed by atoms with E-state index < -0.39 is 0 Å². The smallest absolute Gasteiger partial charge is 0.113 e. The SMILES string of the molecule is CCCCCCCCCCCC[N+](C)(C)Cc1ccc(C[N+](C)(C)CCCCCCCCCCCC)s1. The third kappa shape index (κ3) is 20.2. The maximum Gasteiger partial charge on any atom is 0.113 e. The molecule has 218 valence electrons. The van der Waals surface area contributed by atoms with E-state index in [0.717, 1.165) is 8.97 Å². The zero-order chi connectivity index (χ0) is 27.2. The Kier molecular flexibility index (Phi) is 20.1. The van der Waals surface area contributed by atoms with E-state index in [1.54, 1.807) is 9.75 Å². The number of unbranched alkanes of at least 4 members (excludes halogenated alkanes) is 18. The van der Waals surface area contributed by atoms with Crippen LogP contribution in [0, 0.1) is 0 Å². The largest absolute Gasteiger partial charge is 0.324 e. The zero-order valence-electron chi connectivity index (χ0n) is 26.4. The Hall–Kier alpha value is -0.380. The molecule has 2 nitrogen and oxygen atoms in total. The normalized spacial score (nSPS) is 12.5. The summed E-state index contributed by atoms with van der Waals surface area (Å²) >= 11 is 2.07. The molecule has 0 unspecified atom stereocenters. The highest BCUT2D eigenvalue weighted by Crippen LogP contribution is 2.24. The van der Waals surface area contributed by atoms with Gasteiger partial charge in [0, 0.05) is 0 Å². The van der Waals surface area contributed by atoms with Gasteiger partial charge in [-0.1, -0.05) is 117 Å². The first-order valence-electron chi connectivity index (χ1n) is 16.5. The second kappa shape index (κ2) is 21.4. The lowest BCUT2D eigenvalue weighted by Gasteiger charge is -2.30. The van der Waals surface area contributed by atoms with Crippen molar-refractivity contribution in [2.24, 2.45) is 0 Å². The van der Waals surface area contributed by atoms with Gasteiger partial charge in [-0.05, 0) is 37.8 Å². The number of hydrogen-bond donors (Lipinski definition) is 0. The summed E-state index contributed by atoms with van der Waals surface area (Å²) in [5, 5.41) is 0. The zero-order valence-corrected chi connectivity index (χ0v) is 27.2. The van der Waals surface area contributed by atoms with Crippen molar-refractivity contribution in [1.29, 1.82) is 0 Å². The Morgan fingerprint density at radius 2 is 0.703 bits per heavy atom. The summed E-state index contributed by atoms with van der Waals surface area (Å²) in [6.07, 6.45) is 28.5. The first-order valence-corrected chi connectivity index (χ1v) is 17.3. The van der Waals surface area contributed by atoms with Crippen molar-refractivity contribution in [1.82, 2.24) is 0 Å². The molecule has 1 heterocycles. The van der Waals surface area contributed by atoms with E-state index in [0.29, 0.717) is 0 Å². The van der Waals surface area contributed by atoms with Crippen LogP contribution in [0.2, 0.25) is 0 Å². The molecule has 1 aromatic rings. The van der Waals surface area contributed by atoms with E-state index in [9.17, 15) is 0 Å². The van der Waals surface area contributed by atoms with Crippen LogP contribution < -0.4 is 0 Å². The molecule has 0 aliphatic rings. The lowest BCUT2D eigenvalue weighted by Crippen LogP contribution is -2.39. The maximum absolute atomic E-state index is 2.43. The van der Waals surface area contributed by atoms with Gasteiger partial charge in [0.2, 0.25) is 0 Å². The lowest BCUT2D eigenvalue weighted by atomic mass is 10.1. The minimum absolute atomic E-state index is 1.13. The topological polar surface area (TPSA) is 0 Å². The Bertz CT molecular complexity index is 581. The van der Waals surface area contributed by atoms with Gasteiger partial charge in [-0.25, -0.2) is 0 Å². The van der Waals surface area contributed by atoms with Gasteiger partial charge >= 0.3 is 0 Å². The van der Waals surface area contributed by atoms with Gasteiger partial charge in [0.05, 0.1) is 51.0 Å². The minimum Gasteiger partial charge on any atom is -0.324 e. The molecule has 0 saturated carbocycles. The maximum atomic E-state index is 2.43. The van der Waals surface area contributed by atoms with Crippen molar-refractivity contribution < 1.29 is 8.97 Å². The van der Waals surface area contributed by atoms with E-state index in [1.807, 2.05) is 0 Å². The molecule has 0 fully saturated rings. The Morgan fingerprint density at radius 3 is 1.00 bits per heavy atom. The van der Waals surface area contributed by atoms with Crippen molar-refractivity contribution in [3.63, 3.8) is 0 Å². The van der Waals surface area contributed by atoms with Crippen LogP contribution in [0.4, 0.5) is 0 Å². The molecule has 0 amide bonds. The van der Waals surface area contributed by atoms with Crippen LogP contribution in [-0.2, 0) is 13.1 Å². The fourth-order valence-electron chi connectivity index (χ4n) is 5.65. The van der Waals surface area contributed by atoms with E-state index in [4.69, 9.17) is 0 Å². The molecular weight excluding hydrogens is 468 g/mol. The number of thiophene rings is 1. The van der Waals surface area contributed by atoms with Crippen LogP contribution in [0.1, 0.15) is 152 Å². The number of hydrogen-bond acceptors (Lipinski definition) is 1. The second-order valence-corrected chi connectivity index (χ2v) is 14.6. The fraction of sp³-hybridized carbons (Fsp3) is 0.882. The van der Waals surface area contributed by atoms with Crippen LogP contribution >= 0.6 is 11.3 Å². The molecule has 0 N–H and O–H groups in total. The average molecular weight is 537 g/mol. The number of rotatable bonds is 26. The van der Waals surface area contributed by atoms with Gasteiger partial charge in [-0.15, -0.1) is 11.3 Å². The monoisotopic (exact) mass is 537 g/mol. The van der Waals surface area contributed by atoms with Crippen molar-refractivity contribution in [3.8, 4) is 0 Å². The molecule has 0 saturated heterocycles. The van der Waals surface area contributed by atoms with Gasteiger partial charge < -0.3 is 8.97 Å². The minimum atomic E-state index is 1.13. The van der Waals surface area contributed by atoms with Crippen LogP contribution in [0.25, 0.3) is 0 Å². The Labute approximate surface area is 238 Å². The average Bonchev–Trinajstić information content (AvgIpc) is 3.26. The molecule has 1 aromatic heterocycles. The fourth-order valence-corrected chi connectivity index (χ4v) is 7.09. The van der Waals surface area contributed by atoms with Gasteiger partial charge in [0.15, 0.2) is 0 Å². The van der Waals surface area contributed by atoms with Gasteiger partial charge in [-0.2, -0.15) is 0 Å². The summed E-state index contributed by atoms with van der Waals surface area (Å²) in [6.45, 7) is 9.60. The van der Waals surface area contributed by atoms with Crippen molar-refractivity contribution in [3.05, 3.63) is 21.9 Å². The first-order chi connectivity index (χ1) is 17.8. The number of quaternary nitrogens is 2. The molecule has 0 atom stereocenters. The van der Waals surface area contributed by atoms with Gasteiger partial charge in [0.1, 0.15) is 13.1 Å². The van der Waals surface area contributed by atoms with E-state index in [-0.39, 0.29) is 0 Å². The molecular formula is C34H68N2S+2. The number of nitrogens with zero attached hydrogens (tertiary/aromatic N) is 2. The molecule has 0 spiro atoms. The molecule has 0 aromatic carbocycles. The predicted molar refractivity (Wildman–Crippen MR) is 169 cm³/mol. The van der Waals surface area contributed by atoms with Crippen molar-refractivity contribution in [2.75, 3.05) is 41.3 Å². The summed E-state index contributed by atoms with van der Waals surface area (Å²) in [4.78, 5) is 3.15. The summed E-state index contributed by atoms with van der Waals surface area (Å²) < 4.78 is 2.27. The highest BCUT2D eigenvalue weighted by atomic mass is 32.1. The lowest BCUT2D eigenvalue weighted by molar-refractivity contribution is -0.903. The summed E-state index contributed by atoms with van der Waals surface area (Å²) in [6, 6.07) is 4.83. The van der Waals surface area contributed by atoms with Crippen LogP contribution in [0.3, 0.4) is 0 Å². The molecule has 1 rings (SSSR count). The predicted octanol–water partition coefficient (Wildman–Crippen LogP) is 10.7. The molecule has 37 heavy (non-hydrogen) atoms. The highest BCUT2D eigenvalue weighted by Gasteiger charge is 2.20. The molecule has 0 radical (unpaired) electrons. The van der Waals surface area contributed by atoms with Crippen molar-refractivity contribution in [2.45, 2.75) is 155 Å². The Morgan fingerprint density at radius 1 is 0.432 bits per heavy atom.